The number of benzene rings is 2. The molecule has 0 aliphatic carbocycles. The molecule has 2 amide bonds. The number of hydrogen-bond acceptors (Lipinski definition) is 5. The lowest BCUT2D eigenvalue weighted by atomic mass is 10.2. The highest BCUT2D eigenvalue weighted by molar-refractivity contribution is 7.99. The summed E-state index contributed by atoms with van der Waals surface area (Å²) < 4.78 is 15.1. The van der Waals surface area contributed by atoms with E-state index in [1.807, 2.05) is 0 Å². The SMILES string of the molecule is Cc1ccc(F)cc1NC(=O)CSc1nnc([C@H](C)NC(=O)c2ccc(Cl)cc2Cl)n1C. The summed E-state index contributed by atoms with van der Waals surface area (Å²) in [4.78, 5) is 24.8. The van der Waals surface area contributed by atoms with E-state index in [1.165, 1.54) is 30.0 Å². The van der Waals surface area contributed by atoms with Crippen LogP contribution in [-0.4, -0.2) is 32.3 Å². The molecule has 0 unspecified atom stereocenters. The number of aryl methyl sites for hydroxylation is 1. The fraction of sp³-hybridized carbons (Fsp3) is 0.238. The van der Waals surface area contributed by atoms with Gasteiger partial charge in [-0.2, -0.15) is 0 Å². The minimum absolute atomic E-state index is 0.0586. The Morgan fingerprint density at radius 2 is 1.94 bits per heavy atom. The molecule has 0 saturated heterocycles. The second-order valence-electron chi connectivity index (χ2n) is 7.02. The van der Waals surface area contributed by atoms with Crippen LogP contribution in [0, 0.1) is 12.7 Å². The molecule has 11 heteroatoms. The number of anilines is 1. The van der Waals surface area contributed by atoms with Gasteiger partial charge in [0.25, 0.3) is 5.91 Å². The average molecular weight is 496 g/mol. The van der Waals surface area contributed by atoms with E-state index in [2.05, 4.69) is 20.8 Å². The molecule has 0 spiro atoms. The van der Waals surface area contributed by atoms with Crippen molar-refractivity contribution in [1.82, 2.24) is 20.1 Å². The predicted molar refractivity (Wildman–Crippen MR) is 124 cm³/mol. The third kappa shape index (κ3) is 5.79. The molecule has 7 nitrogen and oxygen atoms in total. The molecule has 2 aromatic carbocycles. The third-order valence-electron chi connectivity index (χ3n) is 4.59. The number of hydrogen-bond donors (Lipinski definition) is 2. The molecule has 32 heavy (non-hydrogen) atoms. The van der Waals surface area contributed by atoms with Gasteiger partial charge in [0.1, 0.15) is 5.82 Å². The summed E-state index contributed by atoms with van der Waals surface area (Å²) in [5, 5.41) is 14.9. The summed E-state index contributed by atoms with van der Waals surface area (Å²) in [6.45, 7) is 3.55. The Morgan fingerprint density at radius 1 is 1.19 bits per heavy atom. The van der Waals surface area contributed by atoms with Crippen molar-refractivity contribution in [2.75, 3.05) is 11.1 Å². The quantitative estimate of drug-likeness (QED) is 0.460. The Balaban J connectivity index is 1.61. The first-order valence-electron chi connectivity index (χ1n) is 9.49. The molecule has 0 aliphatic rings. The number of rotatable bonds is 7. The maximum atomic E-state index is 13.4. The smallest absolute Gasteiger partial charge is 0.253 e. The van der Waals surface area contributed by atoms with Gasteiger partial charge in [0.15, 0.2) is 11.0 Å². The van der Waals surface area contributed by atoms with Crippen molar-refractivity contribution in [3.8, 4) is 0 Å². The van der Waals surface area contributed by atoms with Gasteiger partial charge in [0.05, 0.1) is 22.4 Å². The number of aromatic nitrogens is 3. The Labute approximate surface area is 198 Å². The van der Waals surface area contributed by atoms with E-state index in [9.17, 15) is 14.0 Å². The Kier molecular flexibility index (Phi) is 7.76. The van der Waals surface area contributed by atoms with Crippen LogP contribution in [0.4, 0.5) is 10.1 Å². The van der Waals surface area contributed by atoms with Crippen molar-refractivity contribution in [2.45, 2.75) is 25.0 Å². The van der Waals surface area contributed by atoms with Crippen LogP contribution in [0.2, 0.25) is 10.0 Å². The predicted octanol–water partition coefficient (Wildman–Crippen LogP) is 4.79. The summed E-state index contributed by atoms with van der Waals surface area (Å²) >= 11 is 13.1. The Morgan fingerprint density at radius 3 is 2.66 bits per heavy atom. The van der Waals surface area contributed by atoms with Crippen molar-refractivity contribution in [1.29, 1.82) is 0 Å². The normalized spacial score (nSPS) is 11.8. The van der Waals surface area contributed by atoms with Crippen molar-refractivity contribution in [3.05, 3.63) is 69.2 Å². The lowest BCUT2D eigenvalue weighted by Gasteiger charge is -2.14. The van der Waals surface area contributed by atoms with Crippen molar-refractivity contribution in [2.24, 2.45) is 7.05 Å². The van der Waals surface area contributed by atoms with E-state index >= 15 is 0 Å². The number of nitrogens with zero attached hydrogens (tertiary/aromatic N) is 3. The number of nitrogens with one attached hydrogen (secondary N) is 2. The molecular formula is C21H20Cl2FN5O2S. The van der Waals surface area contributed by atoms with Crippen LogP contribution in [0.25, 0.3) is 0 Å². The zero-order valence-corrected chi connectivity index (χ0v) is 19.8. The van der Waals surface area contributed by atoms with Crippen LogP contribution in [0.15, 0.2) is 41.6 Å². The molecule has 168 valence electrons. The molecule has 1 heterocycles. The number of carbonyl (C=O) groups excluding carboxylic acids is 2. The summed E-state index contributed by atoms with van der Waals surface area (Å²) in [5.41, 5.74) is 1.48. The standard InChI is InChI=1S/C21H20Cl2FN5O2S/c1-11-4-6-14(24)9-17(11)26-18(30)10-32-21-28-27-19(29(21)3)12(2)25-20(31)15-7-5-13(22)8-16(15)23/h4-9,12H,10H2,1-3H3,(H,25,31)(H,26,30)/t12-/m0/s1. The number of carbonyl (C=O) groups is 2. The van der Waals surface area contributed by atoms with E-state index in [0.29, 0.717) is 27.3 Å². The minimum Gasteiger partial charge on any atom is -0.342 e. The van der Waals surface area contributed by atoms with Crippen LogP contribution < -0.4 is 10.6 Å². The first kappa shape index (κ1) is 24.0. The lowest BCUT2D eigenvalue weighted by molar-refractivity contribution is -0.113. The fourth-order valence-electron chi connectivity index (χ4n) is 2.89. The topological polar surface area (TPSA) is 88.9 Å². The van der Waals surface area contributed by atoms with Gasteiger partial charge in [-0.25, -0.2) is 4.39 Å². The van der Waals surface area contributed by atoms with Crippen LogP contribution in [0.3, 0.4) is 0 Å². The first-order valence-corrected chi connectivity index (χ1v) is 11.2. The molecular weight excluding hydrogens is 476 g/mol. The molecule has 2 N–H and O–H groups in total. The van der Waals surface area contributed by atoms with Crippen molar-refractivity contribution >= 4 is 52.5 Å². The maximum Gasteiger partial charge on any atom is 0.253 e. The van der Waals surface area contributed by atoms with Gasteiger partial charge in [0, 0.05) is 17.8 Å². The second kappa shape index (κ2) is 10.3. The highest BCUT2D eigenvalue weighted by Crippen LogP contribution is 2.23. The van der Waals surface area contributed by atoms with Gasteiger partial charge < -0.3 is 15.2 Å². The van der Waals surface area contributed by atoms with E-state index < -0.39 is 11.9 Å². The molecule has 1 atom stereocenters. The van der Waals surface area contributed by atoms with E-state index in [-0.39, 0.29) is 22.6 Å². The van der Waals surface area contributed by atoms with Gasteiger partial charge in [-0.05, 0) is 49.7 Å². The highest BCUT2D eigenvalue weighted by Gasteiger charge is 2.20. The van der Waals surface area contributed by atoms with Gasteiger partial charge >= 0.3 is 0 Å². The van der Waals surface area contributed by atoms with E-state index in [0.717, 1.165) is 5.56 Å². The number of thioether (sulfide) groups is 1. The highest BCUT2D eigenvalue weighted by atomic mass is 35.5. The maximum absolute atomic E-state index is 13.4. The zero-order chi connectivity index (χ0) is 23.4. The minimum atomic E-state index is -0.468. The van der Waals surface area contributed by atoms with Crippen molar-refractivity contribution < 1.29 is 14.0 Å². The monoisotopic (exact) mass is 495 g/mol. The molecule has 1 aromatic heterocycles. The summed E-state index contributed by atoms with van der Waals surface area (Å²) in [6, 6.07) is 8.36. The fourth-order valence-corrected chi connectivity index (χ4v) is 4.10. The Hall–Kier alpha value is -2.62. The van der Waals surface area contributed by atoms with E-state index in [1.54, 1.807) is 43.7 Å². The van der Waals surface area contributed by atoms with Gasteiger partial charge in [-0.15, -0.1) is 10.2 Å². The van der Waals surface area contributed by atoms with Crippen LogP contribution in [-0.2, 0) is 11.8 Å². The lowest BCUT2D eigenvalue weighted by Crippen LogP contribution is -2.28. The molecule has 0 saturated carbocycles. The van der Waals surface area contributed by atoms with E-state index in [4.69, 9.17) is 23.2 Å². The number of halogens is 3. The molecule has 0 fully saturated rings. The van der Waals surface area contributed by atoms with Gasteiger partial charge in [-0.1, -0.05) is 41.0 Å². The molecule has 0 aliphatic heterocycles. The summed E-state index contributed by atoms with van der Waals surface area (Å²) in [7, 11) is 1.74. The molecule has 3 aromatic rings. The van der Waals surface area contributed by atoms with Crippen LogP contribution >= 0.6 is 35.0 Å². The summed E-state index contributed by atoms with van der Waals surface area (Å²) in [5.74, 6) is -0.531. The third-order valence-corrected chi connectivity index (χ3v) is 6.15. The van der Waals surface area contributed by atoms with Gasteiger partial charge in [0.2, 0.25) is 5.91 Å². The number of amides is 2. The second-order valence-corrected chi connectivity index (χ2v) is 8.80. The van der Waals surface area contributed by atoms with Crippen LogP contribution in [0.1, 0.15) is 34.7 Å². The average Bonchev–Trinajstić information content (AvgIpc) is 3.09. The summed E-state index contributed by atoms with van der Waals surface area (Å²) in [6.07, 6.45) is 0. The molecule has 0 bridgehead atoms. The Bertz CT molecular complexity index is 1170. The largest absolute Gasteiger partial charge is 0.342 e. The molecule has 3 rings (SSSR count). The van der Waals surface area contributed by atoms with Gasteiger partial charge in [-0.3, -0.25) is 9.59 Å². The van der Waals surface area contributed by atoms with Crippen molar-refractivity contribution in [3.63, 3.8) is 0 Å². The van der Waals surface area contributed by atoms with Crippen LogP contribution in [0.5, 0.6) is 0 Å². The zero-order valence-electron chi connectivity index (χ0n) is 17.4. The molecule has 0 radical (unpaired) electrons. The first-order chi connectivity index (χ1) is 15.2.